The van der Waals surface area contributed by atoms with Gasteiger partial charge in [-0.3, -0.25) is 0 Å². The summed E-state index contributed by atoms with van der Waals surface area (Å²) >= 11 is 0. The number of carbonyl (C=O) groups is 1. The molecule has 1 aromatic heterocycles. The molecule has 0 amide bonds. The van der Waals surface area contributed by atoms with Crippen LogP contribution in [0.25, 0.3) is 5.57 Å². The molecule has 4 nitrogen and oxygen atoms in total. The Morgan fingerprint density at radius 1 is 1.10 bits per heavy atom. The van der Waals surface area contributed by atoms with Gasteiger partial charge in [0, 0.05) is 25.4 Å². The molecule has 2 aromatic rings. The summed E-state index contributed by atoms with van der Waals surface area (Å²) in [6.07, 6.45) is 5.26. The lowest BCUT2D eigenvalue weighted by Gasteiger charge is -2.28. The monoisotopic (exact) mass is 430 g/mol. The van der Waals surface area contributed by atoms with E-state index in [4.69, 9.17) is 4.74 Å². The van der Waals surface area contributed by atoms with E-state index in [1.54, 1.807) is 25.3 Å². The Kier molecular flexibility index (Phi) is 7.50. The van der Waals surface area contributed by atoms with E-state index in [9.17, 15) is 18.0 Å². The molecule has 0 radical (unpaired) electrons. The maximum absolute atomic E-state index is 13.0. The molecule has 7 heteroatoms. The van der Waals surface area contributed by atoms with Crippen molar-refractivity contribution in [2.45, 2.75) is 32.4 Å². The first-order valence-electron chi connectivity index (χ1n) is 10.3. The second kappa shape index (κ2) is 10.3. The topological polar surface area (TPSA) is 42.4 Å². The van der Waals surface area contributed by atoms with Crippen LogP contribution in [-0.4, -0.2) is 30.6 Å². The van der Waals surface area contributed by atoms with E-state index in [2.05, 4.69) is 9.88 Å². The second-order valence-corrected chi connectivity index (χ2v) is 7.22. The maximum atomic E-state index is 13.0. The molecule has 1 aliphatic heterocycles. The van der Waals surface area contributed by atoms with E-state index in [0.29, 0.717) is 11.1 Å². The standard InChI is InChI=1S/C24H25F3N2O2/c1-2-31-23(30)8-6-7-21(18-9-11-20(12-10-18)24(25,26)27)19-13-14-28-22(17-19)29-15-4-3-5-16-29/h6-14,17H,2-5,15-16H2,1H3/b8-6+,21-7-. The Balaban J connectivity index is 1.97. The number of halogens is 3. The SMILES string of the molecule is CCOC(=O)/C=C/C=C(/c1ccc(C(F)(F)F)cc1)c1ccnc(N2CCCCC2)c1. The van der Waals surface area contributed by atoms with Crippen LogP contribution in [0.2, 0.25) is 0 Å². The molecule has 31 heavy (non-hydrogen) atoms. The van der Waals surface area contributed by atoms with Crippen LogP contribution in [0.15, 0.2) is 60.8 Å². The molecule has 0 atom stereocenters. The number of anilines is 1. The average Bonchev–Trinajstić information content (AvgIpc) is 2.77. The molecule has 1 aromatic carbocycles. The van der Waals surface area contributed by atoms with E-state index >= 15 is 0 Å². The first-order valence-corrected chi connectivity index (χ1v) is 10.3. The number of hydrogen-bond acceptors (Lipinski definition) is 4. The highest BCUT2D eigenvalue weighted by atomic mass is 19.4. The molecule has 164 valence electrons. The van der Waals surface area contributed by atoms with Crippen molar-refractivity contribution in [2.24, 2.45) is 0 Å². The van der Waals surface area contributed by atoms with Crippen molar-refractivity contribution in [2.75, 3.05) is 24.6 Å². The summed E-state index contributed by atoms with van der Waals surface area (Å²) < 4.78 is 43.8. The maximum Gasteiger partial charge on any atom is 0.416 e. The molecule has 3 rings (SSSR count). The lowest BCUT2D eigenvalue weighted by Crippen LogP contribution is -2.30. The van der Waals surface area contributed by atoms with Crippen molar-refractivity contribution >= 4 is 17.4 Å². The van der Waals surface area contributed by atoms with Crippen molar-refractivity contribution < 1.29 is 22.7 Å². The zero-order valence-corrected chi connectivity index (χ0v) is 17.4. The van der Waals surface area contributed by atoms with Crippen molar-refractivity contribution in [1.29, 1.82) is 0 Å². The molecule has 0 unspecified atom stereocenters. The van der Waals surface area contributed by atoms with E-state index < -0.39 is 17.7 Å². The Morgan fingerprint density at radius 3 is 2.45 bits per heavy atom. The number of ether oxygens (including phenoxy) is 1. The van der Waals surface area contributed by atoms with Gasteiger partial charge in [0.15, 0.2) is 0 Å². The zero-order valence-electron chi connectivity index (χ0n) is 17.4. The first kappa shape index (κ1) is 22.6. The summed E-state index contributed by atoms with van der Waals surface area (Å²) in [5.74, 6) is 0.360. The lowest BCUT2D eigenvalue weighted by atomic mass is 9.96. The van der Waals surface area contributed by atoms with E-state index in [-0.39, 0.29) is 6.61 Å². The average molecular weight is 430 g/mol. The number of carbonyl (C=O) groups excluding carboxylic acids is 1. The van der Waals surface area contributed by atoms with Gasteiger partial charge in [-0.2, -0.15) is 13.2 Å². The number of pyridine rings is 1. The van der Waals surface area contributed by atoms with Crippen LogP contribution in [0.1, 0.15) is 42.9 Å². The number of alkyl halides is 3. The van der Waals surface area contributed by atoms with Gasteiger partial charge in [-0.15, -0.1) is 0 Å². The van der Waals surface area contributed by atoms with Gasteiger partial charge in [0.2, 0.25) is 0 Å². The minimum Gasteiger partial charge on any atom is -0.463 e. The van der Waals surface area contributed by atoms with Gasteiger partial charge in [0.1, 0.15) is 5.82 Å². The Bertz CT molecular complexity index is 944. The fourth-order valence-corrected chi connectivity index (χ4v) is 3.49. The second-order valence-electron chi connectivity index (χ2n) is 7.22. The third kappa shape index (κ3) is 6.20. The van der Waals surface area contributed by atoms with E-state index in [1.165, 1.54) is 24.6 Å². The fourth-order valence-electron chi connectivity index (χ4n) is 3.49. The number of piperidine rings is 1. The van der Waals surface area contributed by atoms with E-state index in [0.717, 1.165) is 49.4 Å². The molecule has 0 spiro atoms. The predicted molar refractivity (Wildman–Crippen MR) is 115 cm³/mol. The summed E-state index contributed by atoms with van der Waals surface area (Å²) in [7, 11) is 0. The minimum atomic E-state index is -4.40. The van der Waals surface area contributed by atoms with Crippen LogP contribution < -0.4 is 4.90 Å². The lowest BCUT2D eigenvalue weighted by molar-refractivity contribution is -0.138. The fraction of sp³-hybridized carbons (Fsp3) is 0.333. The quantitative estimate of drug-likeness (QED) is 0.338. The van der Waals surface area contributed by atoms with Crippen molar-refractivity contribution in [3.63, 3.8) is 0 Å². The Hall–Kier alpha value is -3.09. The van der Waals surface area contributed by atoms with Gasteiger partial charge >= 0.3 is 12.1 Å². The largest absolute Gasteiger partial charge is 0.463 e. The molecule has 0 saturated carbocycles. The van der Waals surface area contributed by atoms with Gasteiger partial charge in [-0.25, -0.2) is 9.78 Å². The van der Waals surface area contributed by atoms with Crippen molar-refractivity contribution in [1.82, 2.24) is 4.98 Å². The van der Waals surface area contributed by atoms with Crippen LogP contribution >= 0.6 is 0 Å². The number of aromatic nitrogens is 1. The third-order valence-corrected chi connectivity index (χ3v) is 5.04. The van der Waals surface area contributed by atoms with Crippen molar-refractivity contribution in [3.8, 4) is 0 Å². The molecule has 0 bridgehead atoms. The first-order chi connectivity index (χ1) is 14.9. The van der Waals surface area contributed by atoms with Crippen molar-refractivity contribution in [3.05, 3.63) is 77.5 Å². The number of hydrogen-bond donors (Lipinski definition) is 0. The molecule has 0 aliphatic carbocycles. The summed E-state index contributed by atoms with van der Waals surface area (Å²) in [6.45, 7) is 3.84. The van der Waals surface area contributed by atoms with Gasteiger partial charge in [0.05, 0.1) is 12.2 Å². The summed E-state index contributed by atoms with van der Waals surface area (Å²) in [4.78, 5) is 18.3. The number of benzene rings is 1. The van der Waals surface area contributed by atoms with Gasteiger partial charge < -0.3 is 9.64 Å². The smallest absolute Gasteiger partial charge is 0.416 e. The third-order valence-electron chi connectivity index (χ3n) is 5.04. The normalized spacial score (nSPS) is 15.4. The molecule has 0 N–H and O–H groups in total. The molecular weight excluding hydrogens is 405 g/mol. The summed E-state index contributed by atoms with van der Waals surface area (Å²) in [6, 6.07) is 8.75. The molecule has 1 fully saturated rings. The highest BCUT2D eigenvalue weighted by Gasteiger charge is 2.30. The van der Waals surface area contributed by atoms with Crippen LogP contribution in [0, 0.1) is 0 Å². The van der Waals surface area contributed by atoms with Gasteiger partial charge in [-0.05, 0) is 67.2 Å². The number of nitrogens with zero attached hydrogens (tertiary/aromatic N) is 2. The van der Waals surface area contributed by atoms with Crippen LogP contribution in [-0.2, 0) is 15.7 Å². The van der Waals surface area contributed by atoms with Crippen LogP contribution in [0.4, 0.5) is 19.0 Å². The Labute approximate surface area is 180 Å². The minimum absolute atomic E-state index is 0.266. The molecule has 1 aliphatic rings. The molecule has 2 heterocycles. The van der Waals surface area contributed by atoms with E-state index in [1.807, 2.05) is 12.1 Å². The zero-order chi connectivity index (χ0) is 22.3. The van der Waals surface area contributed by atoms with Crippen LogP contribution in [0.5, 0.6) is 0 Å². The predicted octanol–water partition coefficient (Wildman–Crippen LogP) is 5.64. The highest BCUT2D eigenvalue weighted by Crippen LogP contribution is 2.32. The summed E-state index contributed by atoms with van der Waals surface area (Å²) in [5, 5.41) is 0. The number of esters is 1. The number of rotatable bonds is 6. The molecular formula is C24H25F3N2O2. The highest BCUT2D eigenvalue weighted by molar-refractivity contribution is 5.85. The Morgan fingerprint density at radius 2 is 1.81 bits per heavy atom. The number of allylic oxidation sites excluding steroid dienone is 2. The van der Waals surface area contributed by atoms with Gasteiger partial charge in [-0.1, -0.05) is 24.3 Å². The van der Waals surface area contributed by atoms with Crippen LogP contribution in [0.3, 0.4) is 0 Å². The summed E-state index contributed by atoms with van der Waals surface area (Å²) in [5.41, 5.74) is 1.40. The molecule has 1 saturated heterocycles. The van der Waals surface area contributed by atoms with Gasteiger partial charge in [0.25, 0.3) is 0 Å².